The van der Waals surface area contributed by atoms with Gasteiger partial charge in [0.1, 0.15) is 5.82 Å². The van der Waals surface area contributed by atoms with Crippen molar-refractivity contribution in [2.45, 2.75) is 12.3 Å². The van der Waals surface area contributed by atoms with Crippen LogP contribution in [-0.2, 0) is 11.8 Å². The second kappa shape index (κ2) is 8.79. The maximum atomic E-state index is 14.2. The molecule has 0 radical (unpaired) electrons. The van der Waals surface area contributed by atoms with Gasteiger partial charge in [-0.1, -0.05) is 36.4 Å². The lowest BCUT2D eigenvalue weighted by molar-refractivity contribution is -0.131. The first-order chi connectivity index (χ1) is 15.6. The number of hydrogen-bond acceptors (Lipinski definition) is 3. The molecule has 1 atom stereocenters. The minimum Gasteiger partial charge on any atom is -0.366 e. The lowest BCUT2D eigenvalue weighted by Gasteiger charge is -2.36. The number of benzene rings is 2. The van der Waals surface area contributed by atoms with Gasteiger partial charge >= 0.3 is 0 Å². The number of fused-ring (bicyclic) bond motifs is 1. The Morgan fingerprint density at radius 3 is 2.50 bits per heavy atom. The van der Waals surface area contributed by atoms with Crippen LogP contribution in [0, 0.1) is 5.82 Å². The summed E-state index contributed by atoms with van der Waals surface area (Å²) in [4.78, 5) is 18.5. The molecule has 0 spiro atoms. The first-order valence-corrected chi connectivity index (χ1v) is 11.8. The number of halogens is 1. The second-order valence-corrected chi connectivity index (χ2v) is 9.28. The molecule has 4 nitrogen and oxygen atoms in total. The first-order valence-electron chi connectivity index (χ1n) is 11.0. The number of para-hydroxylation sites is 2. The number of anilines is 1. The van der Waals surface area contributed by atoms with Gasteiger partial charge in [0.05, 0.1) is 5.69 Å². The van der Waals surface area contributed by atoms with E-state index in [-0.39, 0.29) is 17.6 Å². The monoisotopic (exact) mass is 447 g/mol. The van der Waals surface area contributed by atoms with E-state index in [9.17, 15) is 9.18 Å². The lowest BCUT2D eigenvalue weighted by Crippen LogP contribution is -2.49. The van der Waals surface area contributed by atoms with E-state index in [1.54, 1.807) is 23.5 Å². The summed E-state index contributed by atoms with van der Waals surface area (Å²) >= 11 is 1.70. The predicted octanol–water partition coefficient (Wildman–Crippen LogP) is 5.25. The molecule has 0 bridgehead atoms. The topological polar surface area (TPSA) is 28.5 Å². The highest BCUT2D eigenvalue weighted by atomic mass is 32.1. The number of hydrogen-bond donors (Lipinski definition) is 0. The van der Waals surface area contributed by atoms with Crippen LogP contribution in [0.3, 0.4) is 0 Å². The van der Waals surface area contributed by atoms with Crippen LogP contribution in [0.15, 0.2) is 72.2 Å². The molecular formula is C26H26FN3OS. The molecule has 5 rings (SSSR count). The molecule has 6 heteroatoms. The van der Waals surface area contributed by atoms with Gasteiger partial charge in [0.2, 0.25) is 5.91 Å². The fraction of sp³-hybridized carbons (Fsp3) is 0.269. The molecule has 1 aliphatic heterocycles. The highest BCUT2D eigenvalue weighted by Crippen LogP contribution is 2.37. The predicted molar refractivity (Wildman–Crippen MR) is 129 cm³/mol. The average molecular weight is 448 g/mol. The number of rotatable bonds is 5. The Balaban J connectivity index is 1.35. The second-order valence-electron chi connectivity index (χ2n) is 8.30. The Morgan fingerprint density at radius 2 is 1.75 bits per heavy atom. The van der Waals surface area contributed by atoms with Gasteiger partial charge in [0.15, 0.2) is 0 Å². The Hall–Kier alpha value is -3.12. The quantitative estimate of drug-likeness (QED) is 0.418. The summed E-state index contributed by atoms with van der Waals surface area (Å²) in [6.07, 6.45) is 2.60. The molecule has 0 saturated carbocycles. The first kappa shape index (κ1) is 20.8. The summed E-state index contributed by atoms with van der Waals surface area (Å²) in [6, 6.07) is 19.4. The van der Waals surface area contributed by atoms with Crippen molar-refractivity contribution in [2.24, 2.45) is 7.05 Å². The van der Waals surface area contributed by atoms with Gasteiger partial charge in [-0.3, -0.25) is 4.79 Å². The Morgan fingerprint density at radius 1 is 1.00 bits per heavy atom. The van der Waals surface area contributed by atoms with E-state index in [4.69, 9.17) is 0 Å². The van der Waals surface area contributed by atoms with E-state index in [0.29, 0.717) is 38.3 Å². The van der Waals surface area contributed by atoms with Gasteiger partial charge in [-0.05, 0) is 35.2 Å². The molecule has 1 unspecified atom stereocenters. The summed E-state index contributed by atoms with van der Waals surface area (Å²) < 4.78 is 16.3. The summed E-state index contributed by atoms with van der Waals surface area (Å²) in [5.74, 6) is -0.0243. The van der Waals surface area contributed by atoms with E-state index in [2.05, 4.69) is 53.5 Å². The van der Waals surface area contributed by atoms with Crippen LogP contribution in [0.1, 0.15) is 22.8 Å². The Labute approximate surface area is 191 Å². The van der Waals surface area contributed by atoms with E-state index in [1.807, 2.05) is 21.9 Å². The van der Waals surface area contributed by atoms with Crippen molar-refractivity contribution in [1.82, 2.24) is 9.47 Å². The molecule has 32 heavy (non-hydrogen) atoms. The fourth-order valence-corrected chi connectivity index (χ4v) is 5.56. The maximum absolute atomic E-state index is 14.2. The van der Waals surface area contributed by atoms with E-state index < -0.39 is 0 Å². The zero-order valence-electron chi connectivity index (χ0n) is 18.1. The van der Waals surface area contributed by atoms with E-state index in [0.717, 1.165) is 0 Å². The van der Waals surface area contributed by atoms with Crippen molar-refractivity contribution >= 4 is 33.8 Å². The molecule has 164 valence electrons. The molecule has 2 aromatic carbocycles. The molecular weight excluding hydrogens is 421 g/mol. The van der Waals surface area contributed by atoms with Gasteiger partial charge in [-0.2, -0.15) is 0 Å². The summed E-state index contributed by atoms with van der Waals surface area (Å²) in [7, 11) is 2.06. The number of nitrogens with zero attached hydrogens (tertiary/aromatic N) is 3. The van der Waals surface area contributed by atoms with Gasteiger partial charge in [-0.15, -0.1) is 11.3 Å². The molecule has 1 saturated heterocycles. The number of thiophene rings is 1. The summed E-state index contributed by atoms with van der Waals surface area (Å²) in [5, 5.41) is 3.27. The molecule has 2 aromatic heterocycles. The minimum absolute atomic E-state index is 0.0261. The van der Waals surface area contributed by atoms with Crippen molar-refractivity contribution in [2.75, 3.05) is 31.1 Å². The molecule has 4 aromatic rings. The number of carbonyl (C=O) groups excluding carboxylic acids is 1. The van der Waals surface area contributed by atoms with Crippen LogP contribution in [-0.4, -0.2) is 41.6 Å². The van der Waals surface area contributed by atoms with Crippen LogP contribution in [0.25, 0.3) is 10.9 Å². The largest absolute Gasteiger partial charge is 0.366 e. The van der Waals surface area contributed by atoms with Crippen molar-refractivity contribution < 1.29 is 9.18 Å². The molecule has 1 amide bonds. The van der Waals surface area contributed by atoms with Gasteiger partial charge in [0, 0.05) is 67.5 Å². The molecule has 1 fully saturated rings. The van der Waals surface area contributed by atoms with Crippen LogP contribution < -0.4 is 4.90 Å². The standard InChI is InChI=1S/C26H26FN3OS/c1-28-18-21(19-7-2-4-9-23(19)28)20(25-11-6-16-32-25)17-26(31)30-14-12-29(13-15-30)24-10-5-3-8-22(24)27/h2-11,16,18,20H,12-15,17H2,1H3. The third-order valence-corrected chi connectivity index (χ3v) is 7.38. The zero-order valence-corrected chi connectivity index (χ0v) is 18.9. The zero-order chi connectivity index (χ0) is 22.1. The number of amides is 1. The summed E-state index contributed by atoms with van der Waals surface area (Å²) in [6.45, 7) is 2.51. The number of aryl methyl sites for hydroxylation is 1. The minimum atomic E-state index is -0.207. The third-order valence-electron chi connectivity index (χ3n) is 6.39. The maximum Gasteiger partial charge on any atom is 0.223 e. The van der Waals surface area contributed by atoms with Crippen molar-refractivity contribution in [3.63, 3.8) is 0 Å². The van der Waals surface area contributed by atoms with E-state index >= 15 is 0 Å². The number of aromatic nitrogens is 1. The average Bonchev–Trinajstić information content (AvgIpc) is 3.47. The molecule has 3 heterocycles. The summed E-state index contributed by atoms with van der Waals surface area (Å²) in [5.41, 5.74) is 2.99. The SMILES string of the molecule is Cn1cc(C(CC(=O)N2CCN(c3ccccc3F)CC2)c2cccs2)c2ccccc21. The normalized spacial score (nSPS) is 15.3. The van der Waals surface area contributed by atoms with Crippen LogP contribution in [0.5, 0.6) is 0 Å². The highest BCUT2D eigenvalue weighted by molar-refractivity contribution is 7.10. The molecule has 0 N–H and O–H groups in total. The Kier molecular flexibility index (Phi) is 5.70. The molecule has 1 aliphatic rings. The lowest BCUT2D eigenvalue weighted by atomic mass is 9.93. The highest BCUT2D eigenvalue weighted by Gasteiger charge is 2.28. The third kappa shape index (κ3) is 3.91. The number of carbonyl (C=O) groups is 1. The van der Waals surface area contributed by atoms with Gasteiger partial charge < -0.3 is 14.4 Å². The van der Waals surface area contributed by atoms with Gasteiger partial charge in [0.25, 0.3) is 0 Å². The Bertz CT molecular complexity index is 1230. The molecule has 0 aliphatic carbocycles. The van der Waals surface area contributed by atoms with Crippen LogP contribution >= 0.6 is 11.3 Å². The van der Waals surface area contributed by atoms with Crippen molar-refractivity contribution in [3.05, 3.63) is 88.5 Å². The fourth-order valence-electron chi connectivity index (χ4n) is 4.71. The van der Waals surface area contributed by atoms with Crippen molar-refractivity contribution in [1.29, 1.82) is 0 Å². The van der Waals surface area contributed by atoms with Crippen LogP contribution in [0.4, 0.5) is 10.1 Å². The smallest absolute Gasteiger partial charge is 0.223 e. The van der Waals surface area contributed by atoms with Crippen molar-refractivity contribution in [3.8, 4) is 0 Å². The number of piperazine rings is 1. The van der Waals surface area contributed by atoms with Crippen LogP contribution in [0.2, 0.25) is 0 Å². The van der Waals surface area contributed by atoms with Gasteiger partial charge in [-0.25, -0.2) is 4.39 Å². The van der Waals surface area contributed by atoms with E-state index in [1.165, 1.54) is 27.4 Å².